The van der Waals surface area contributed by atoms with Gasteiger partial charge in [0.05, 0.1) is 0 Å². The van der Waals surface area contributed by atoms with Gasteiger partial charge in [-0.3, -0.25) is 0 Å². The number of nitrogens with one attached hydrogen (secondary N) is 1. The summed E-state index contributed by atoms with van der Waals surface area (Å²) in [6, 6.07) is 6.64. The maximum absolute atomic E-state index is 12.6. The Bertz CT molecular complexity index is 271. The van der Waals surface area contributed by atoms with Gasteiger partial charge in [-0.15, -0.1) is 0 Å². The fraction of sp³-hybridized carbons (Fsp3) is 0.500. The quantitative estimate of drug-likeness (QED) is 0.699. The molecule has 0 fully saturated rings. The molecule has 84 valence electrons. The maximum atomic E-state index is 12.6. The minimum atomic E-state index is -0.177. The number of halogens is 1. The van der Waals surface area contributed by atoms with Gasteiger partial charge >= 0.3 is 0 Å². The summed E-state index contributed by atoms with van der Waals surface area (Å²) in [5, 5.41) is 3.33. The van der Waals surface area contributed by atoms with Crippen molar-refractivity contribution in [1.82, 2.24) is 5.32 Å². The first-order valence-electron chi connectivity index (χ1n) is 5.37. The third-order valence-corrected chi connectivity index (χ3v) is 2.40. The second kappa shape index (κ2) is 6.53. The largest absolute Gasteiger partial charge is 0.330 e. The van der Waals surface area contributed by atoms with E-state index in [1.165, 1.54) is 12.1 Å². The molecule has 0 heterocycles. The summed E-state index contributed by atoms with van der Waals surface area (Å²) < 4.78 is 12.6. The number of benzene rings is 1. The molecule has 0 aliphatic heterocycles. The molecule has 1 aromatic carbocycles. The highest BCUT2D eigenvalue weighted by atomic mass is 19.1. The Hall–Kier alpha value is -0.930. The standard InChI is InChI=1S/C12H19FN2/c1-10(8-14)9-15-7-6-11-2-4-12(13)5-3-11/h2-5,10,15H,6-9,14H2,1H3. The van der Waals surface area contributed by atoms with Crippen molar-refractivity contribution < 1.29 is 4.39 Å². The third kappa shape index (κ3) is 4.91. The van der Waals surface area contributed by atoms with Gasteiger partial charge in [0.1, 0.15) is 5.82 Å². The summed E-state index contributed by atoms with van der Waals surface area (Å²) in [6.07, 6.45) is 0.928. The Balaban J connectivity index is 2.17. The molecule has 0 aliphatic carbocycles. The van der Waals surface area contributed by atoms with E-state index in [1.54, 1.807) is 0 Å². The van der Waals surface area contributed by atoms with Crippen LogP contribution in [0, 0.1) is 11.7 Å². The van der Waals surface area contributed by atoms with Gasteiger partial charge in [0.25, 0.3) is 0 Å². The van der Waals surface area contributed by atoms with E-state index in [4.69, 9.17) is 5.73 Å². The lowest BCUT2D eigenvalue weighted by Crippen LogP contribution is -2.27. The topological polar surface area (TPSA) is 38.0 Å². The number of hydrogen-bond donors (Lipinski definition) is 2. The van der Waals surface area contributed by atoms with Crippen LogP contribution in [0.4, 0.5) is 4.39 Å². The average Bonchev–Trinajstić information content (AvgIpc) is 2.26. The van der Waals surface area contributed by atoms with Crippen molar-refractivity contribution in [1.29, 1.82) is 0 Å². The lowest BCUT2D eigenvalue weighted by Gasteiger charge is -2.09. The van der Waals surface area contributed by atoms with E-state index in [-0.39, 0.29) is 5.82 Å². The number of rotatable bonds is 6. The monoisotopic (exact) mass is 210 g/mol. The SMILES string of the molecule is CC(CN)CNCCc1ccc(F)cc1. The van der Waals surface area contributed by atoms with Crippen LogP contribution in [-0.2, 0) is 6.42 Å². The molecule has 15 heavy (non-hydrogen) atoms. The van der Waals surface area contributed by atoms with Gasteiger partial charge in [0.15, 0.2) is 0 Å². The summed E-state index contributed by atoms with van der Waals surface area (Å²) >= 11 is 0. The first kappa shape index (κ1) is 12.1. The van der Waals surface area contributed by atoms with Crippen LogP contribution >= 0.6 is 0 Å². The smallest absolute Gasteiger partial charge is 0.123 e. The van der Waals surface area contributed by atoms with Crippen LogP contribution < -0.4 is 11.1 Å². The van der Waals surface area contributed by atoms with Crippen LogP contribution in [0.1, 0.15) is 12.5 Å². The van der Waals surface area contributed by atoms with Gasteiger partial charge in [0.2, 0.25) is 0 Å². The van der Waals surface area contributed by atoms with Crippen LogP contribution in [-0.4, -0.2) is 19.6 Å². The van der Waals surface area contributed by atoms with Crippen LogP contribution in [0.3, 0.4) is 0 Å². The van der Waals surface area contributed by atoms with Gasteiger partial charge in [-0.05, 0) is 49.7 Å². The first-order chi connectivity index (χ1) is 7.22. The summed E-state index contributed by atoms with van der Waals surface area (Å²) in [5.41, 5.74) is 6.66. The zero-order chi connectivity index (χ0) is 11.1. The number of nitrogens with two attached hydrogens (primary N) is 1. The minimum Gasteiger partial charge on any atom is -0.330 e. The van der Waals surface area contributed by atoms with Crippen molar-refractivity contribution in [2.45, 2.75) is 13.3 Å². The first-order valence-corrected chi connectivity index (χ1v) is 5.37. The molecule has 3 N–H and O–H groups in total. The predicted molar refractivity (Wildman–Crippen MR) is 61.2 cm³/mol. The lowest BCUT2D eigenvalue weighted by atomic mass is 10.1. The molecule has 0 radical (unpaired) electrons. The zero-order valence-electron chi connectivity index (χ0n) is 9.17. The normalized spacial score (nSPS) is 12.7. The van der Waals surface area contributed by atoms with Crippen molar-refractivity contribution in [3.05, 3.63) is 35.6 Å². The number of hydrogen-bond acceptors (Lipinski definition) is 2. The van der Waals surface area contributed by atoms with Crippen molar-refractivity contribution in [2.24, 2.45) is 11.7 Å². The summed E-state index contributed by atoms with van der Waals surface area (Å²) in [4.78, 5) is 0. The van der Waals surface area contributed by atoms with E-state index < -0.39 is 0 Å². The molecule has 1 aromatic rings. The van der Waals surface area contributed by atoms with E-state index in [0.717, 1.165) is 25.1 Å². The van der Waals surface area contributed by atoms with E-state index in [9.17, 15) is 4.39 Å². The van der Waals surface area contributed by atoms with Crippen LogP contribution in [0.25, 0.3) is 0 Å². The zero-order valence-corrected chi connectivity index (χ0v) is 9.17. The second-order valence-corrected chi connectivity index (χ2v) is 3.92. The predicted octanol–water partition coefficient (Wildman–Crippen LogP) is 1.55. The Morgan fingerprint density at radius 2 is 2.00 bits per heavy atom. The molecule has 0 spiro atoms. The molecule has 0 amide bonds. The van der Waals surface area contributed by atoms with E-state index in [2.05, 4.69) is 12.2 Å². The highest BCUT2D eigenvalue weighted by Crippen LogP contribution is 2.02. The molecule has 0 saturated carbocycles. The highest BCUT2D eigenvalue weighted by Gasteiger charge is 1.98. The van der Waals surface area contributed by atoms with Crippen molar-refractivity contribution in [2.75, 3.05) is 19.6 Å². The van der Waals surface area contributed by atoms with Gasteiger partial charge in [-0.2, -0.15) is 0 Å². The second-order valence-electron chi connectivity index (χ2n) is 3.92. The van der Waals surface area contributed by atoms with Crippen LogP contribution in [0.15, 0.2) is 24.3 Å². The minimum absolute atomic E-state index is 0.177. The Labute approximate surface area is 90.7 Å². The van der Waals surface area contributed by atoms with Crippen molar-refractivity contribution in [3.63, 3.8) is 0 Å². The molecule has 3 heteroatoms. The molecule has 2 nitrogen and oxygen atoms in total. The molecule has 0 aliphatic rings. The average molecular weight is 210 g/mol. The third-order valence-electron chi connectivity index (χ3n) is 2.40. The van der Waals surface area contributed by atoms with Crippen LogP contribution in [0.2, 0.25) is 0 Å². The van der Waals surface area contributed by atoms with Crippen LogP contribution in [0.5, 0.6) is 0 Å². The van der Waals surface area contributed by atoms with Gasteiger partial charge in [-0.25, -0.2) is 4.39 Å². The van der Waals surface area contributed by atoms with Gasteiger partial charge in [-0.1, -0.05) is 19.1 Å². The summed E-state index contributed by atoms with van der Waals surface area (Å²) in [7, 11) is 0. The molecule has 1 rings (SSSR count). The Morgan fingerprint density at radius 3 is 2.60 bits per heavy atom. The summed E-state index contributed by atoms with van der Waals surface area (Å²) in [6.45, 7) is 4.68. The molecule has 1 unspecified atom stereocenters. The summed E-state index contributed by atoms with van der Waals surface area (Å²) in [5.74, 6) is 0.335. The maximum Gasteiger partial charge on any atom is 0.123 e. The molecule has 0 aromatic heterocycles. The molecular weight excluding hydrogens is 191 g/mol. The molecule has 0 bridgehead atoms. The fourth-order valence-corrected chi connectivity index (χ4v) is 1.32. The van der Waals surface area contributed by atoms with Crippen molar-refractivity contribution in [3.8, 4) is 0 Å². The van der Waals surface area contributed by atoms with Crippen molar-refractivity contribution >= 4 is 0 Å². The molecule has 1 atom stereocenters. The van der Waals surface area contributed by atoms with E-state index in [1.807, 2.05) is 12.1 Å². The highest BCUT2D eigenvalue weighted by molar-refractivity contribution is 5.16. The Kier molecular flexibility index (Phi) is 5.29. The lowest BCUT2D eigenvalue weighted by molar-refractivity contribution is 0.524. The fourth-order valence-electron chi connectivity index (χ4n) is 1.32. The molecule has 0 saturated heterocycles. The van der Waals surface area contributed by atoms with Gasteiger partial charge in [0, 0.05) is 0 Å². The Morgan fingerprint density at radius 1 is 1.33 bits per heavy atom. The van der Waals surface area contributed by atoms with Gasteiger partial charge < -0.3 is 11.1 Å². The van der Waals surface area contributed by atoms with E-state index >= 15 is 0 Å². The van der Waals surface area contributed by atoms with E-state index in [0.29, 0.717) is 12.5 Å². The molecular formula is C12H19FN2.